The lowest BCUT2D eigenvalue weighted by Gasteiger charge is -2.36. The Balaban J connectivity index is 1.77. The lowest BCUT2D eigenvalue weighted by molar-refractivity contribution is 0.200. The molecule has 1 aliphatic heterocycles. The highest BCUT2D eigenvalue weighted by Gasteiger charge is 2.30. The minimum absolute atomic E-state index is 0.144. The fourth-order valence-corrected chi connectivity index (χ4v) is 4.61. The zero-order valence-electron chi connectivity index (χ0n) is 14.9. The van der Waals surface area contributed by atoms with Crippen molar-refractivity contribution in [3.8, 4) is 0 Å². The molecule has 6 heteroatoms. The molecule has 2 aromatic heterocycles. The van der Waals surface area contributed by atoms with Gasteiger partial charge >= 0.3 is 5.69 Å². The number of nitrogens with zero attached hydrogens (tertiary/aromatic N) is 3. The topological polar surface area (TPSA) is 47.2 Å². The van der Waals surface area contributed by atoms with Gasteiger partial charge in [-0.15, -0.1) is 11.3 Å². The predicted molar refractivity (Wildman–Crippen MR) is 104 cm³/mol. The van der Waals surface area contributed by atoms with Gasteiger partial charge in [0.05, 0.1) is 6.04 Å². The summed E-state index contributed by atoms with van der Waals surface area (Å²) in [5.74, 6) is 0. The number of thiophene rings is 1. The van der Waals surface area contributed by atoms with Crippen LogP contribution in [0.15, 0.2) is 57.4 Å². The Morgan fingerprint density at radius 1 is 1.08 bits per heavy atom. The van der Waals surface area contributed by atoms with E-state index in [2.05, 4.69) is 40.6 Å². The molecule has 1 aromatic carbocycles. The van der Waals surface area contributed by atoms with Gasteiger partial charge in [0.25, 0.3) is 5.56 Å². The summed E-state index contributed by atoms with van der Waals surface area (Å²) in [6.45, 7) is 1.47. The standard InChI is InChI=1S/C20H21N3O2S/c1-21-15(12-18(24)22(2)20(21)25)13-23-10-8-17-16(9-11-26-17)19(23)14-6-4-3-5-7-14/h3-7,9,11-12,19H,8,10,13H2,1-2H3/t19-/m1/s1. The van der Waals surface area contributed by atoms with Crippen molar-refractivity contribution in [3.63, 3.8) is 0 Å². The molecule has 0 aliphatic carbocycles. The molecule has 26 heavy (non-hydrogen) atoms. The third-order valence-corrected chi connectivity index (χ3v) is 6.17. The molecule has 3 heterocycles. The SMILES string of the molecule is Cn1c(CN2CCc3sccc3[C@H]2c2ccccc2)cc(=O)n(C)c1=O. The summed E-state index contributed by atoms with van der Waals surface area (Å²) in [5, 5.41) is 2.15. The minimum atomic E-state index is -0.281. The summed E-state index contributed by atoms with van der Waals surface area (Å²) >= 11 is 1.81. The first-order chi connectivity index (χ1) is 12.6. The van der Waals surface area contributed by atoms with Crippen LogP contribution in [0, 0.1) is 0 Å². The molecule has 134 valence electrons. The third-order valence-electron chi connectivity index (χ3n) is 5.17. The maximum atomic E-state index is 12.3. The van der Waals surface area contributed by atoms with Gasteiger partial charge in [0.1, 0.15) is 0 Å². The molecule has 4 rings (SSSR count). The number of hydrogen-bond acceptors (Lipinski definition) is 4. The van der Waals surface area contributed by atoms with Gasteiger partial charge in [-0.1, -0.05) is 30.3 Å². The normalized spacial score (nSPS) is 17.2. The van der Waals surface area contributed by atoms with Crippen LogP contribution in [0.2, 0.25) is 0 Å². The smallest absolute Gasteiger partial charge is 0.299 e. The Kier molecular flexibility index (Phi) is 4.38. The first kappa shape index (κ1) is 17.0. The van der Waals surface area contributed by atoms with E-state index in [1.54, 1.807) is 29.0 Å². The van der Waals surface area contributed by atoms with Crippen molar-refractivity contribution < 1.29 is 0 Å². The summed E-state index contributed by atoms with van der Waals surface area (Å²) in [7, 11) is 3.24. The van der Waals surface area contributed by atoms with E-state index in [0.29, 0.717) is 6.54 Å². The van der Waals surface area contributed by atoms with Crippen LogP contribution < -0.4 is 11.2 Å². The highest BCUT2D eigenvalue weighted by molar-refractivity contribution is 7.10. The molecule has 0 unspecified atom stereocenters. The van der Waals surface area contributed by atoms with E-state index >= 15 is 0 Å². The molecule has 3 aromatic rings. The minimum Gasteiger partial charge on any atom is -0.299 e. The van der Waals surface area contributed by atoms with E-state index in [9.17, 15) is 9.59 Å². The molecule has 1 atom stereocenters. The van der Waals surface area contributed by atoms with Gasteiger partial charge < -0.3 is 0 Å². The average Bonchev–Trinajstić information content (AvgIpc) is 3.13. The molecule has 0 radical (unpaired) electrons. The van der Waals surface area contributed by atoms with Crippen LogP contribution in [0.4, 0.5) is 0 Å². The summed E-state index contributed by atoms with van der Waals surface area (Å²) in [5.41, 5.74) is 2.78. The van der Waals surface area contributed by atoms with E-state index in [1.807, 2.05) is 6.07 Å². The first-order valence-corrected chi connectivity index (χ1v) is 9.55. The Hall–Kier alpha value is -2.44. The molecule has 0 saturated carbocycles. The van der Waals surface area contributed by atoms with Crippen LogP contribution in [0.25, 0.3) is 0 Å². The molecule has 0 amide bonds. The summed E-state index contributed by atoms with van der Waals surface area (Å²) in [6, 6.07) is 14.4. The molecule has 0 bridgehead atoms. The van der Waals surface area contributed by atoms with Gasteiger partial charge in [-0.25, -0.2) is 4.79 Å². The number of hydrogen-bond donors (Lipinski definition) is 0. The number of benzene rings is 1. The van der Waals surface area contributed by atoms with Crippen LogP contribution in [0.3, 0.4) is 0 Å². The Labute approximate surface area is 155 Å². The molecule has 0 fully saturated rings. The molecule has 0 N–H and O–H groups in total. The fraction of sp³-hybridized carbons (Fsp3) is 0.300. The number of fused-ring (bicyclic) bond motifs is 1. The fourth-order valence-electron chi connectivity index (χ4n) is 3.70. The van der Waals surface area contributed by atoms with Crippen LogP contribution in [0.5, 0.6) is 0 Å². The van der Waals surface area contributed by atoms with Crippen LogP contribution in [-0.4, -0.2) is 20.6 Å². The number of rotatable bonds is 3. The molecule has 0 saturated heterocycles. The van der Waals surface area contributed by atoms with Gasteiger partial charge in [-0.3, -0.25) is 18.8 Å². The van der Waals surface area contributed by atoms with Gasteiger partial charge in [-0.2, -0.15) is 0 Å². The maximum Gasteiger partial charge on any atom is 0.330 e. The maximum absolute atomic E-state index is 12.3. The lowest BCUT2D eigenvalue weighted by atomic mass is 9.93. The summed E-state index contributed by atoms with van der Waals surface area (Å²) in [4.78, 5) is 28.1. The predicted octanol–water partition coefficient (Wildman–Crippen LogP) is 2.29. The summed E-state index contributed by atoms with van der Waals surface area (Å²) < 4.78 is 2.72. The van der Waals surface area contributed by atoms with Crippen LogP contribution in [0.1, 0.15) is 27.7 Å². The first-order valence-electron chi connectivity index (χ1n) is 8.67. The highest BCUT2D eigenvalue weighted by atomic mass is 32.1. The second-order valence-electron chi connectivity index (χ2n) is 6.71. The van der Waals surface area contributed by atoms with E-state index in [0.717, 1.165) is 23.2 Å². The van der Waals surface area contributed by atoms with Gasteiger partial charge in [0.2, 0.25) is 0 Å². The third kappa shape index (κ3) is 2.85. The Morgan fingerprint density at radius 3 is 2.62 bits per heavy atom. The van der Waals surface area contributed by atoms with E-state index in [4.69, 9.17) is 0 Å². The van der Waals surface area contributed by atoms with Crippen molar-refractivity contribution in [2.45, 2.75) is 19.0 Å². The highest BCUT2D eigenvalue weighted by Crippen LogP contribution is 2.38. The largest absolute Gasteiger partial charge is 0.330 e. The molecule has 0 spiro atoms. The second kappa shape index (κ2) is 6.70. The van der Waals surface area contributed by atoms with Crippen molar-refractivity contribution in [2.75, 3.05) is 6.54 Å². The quantitative estimate of drug-likeness (QED) is 0.714. The lowest BCUT2D eigenvalue weighted by Crippen LogP contribution is -2.41. The number of aromatic nitrogens is 2. The van der Waals surface area contributed by atoms with E-state index < -0.39 is 0 Å². The van der Waals surface area contributed by atoms with Crippen molar-refractivity contribution in [1.82, 2.24) is 14.0 Å². The zero-order chi connectivity index (χ0) is 18.3. The van der Waals surface area contributed by atoms with Crippen LogP contribution >= 0.6 is 11.3 Å². The van der Waals surface area contributed by atoms with Crippen molar-refractivity contribution >= 4 is 11.3 Å². The van der Waals surface area contributed by atoms with Crippen molar-refractivity contribution in [1.29, 1.82) is 0 Å². The molecular weight excluding hydrogens is 346 g/mol. The van der Waals surface area contributed by atoms with Crippen LogP contribution in [-0.2, 0) is 27.1 Å². The Morgan fingerprint density at radius 2 is 1.85 bits per heavy atom. The molecule has 5 nitrogen and oxygen atoms in total. The van der Waals surface area contributed by atoms with E-state index in [1.165, 1.54) is 23.1 Å². The molecular formula is C20H21N3O2S. The Bertz CT molecular complexity index is 1050. The second-order valence-corrected chi connectivity index (χ2v) is 7.71. The van der Waals surface area contributed by atoms with Crippen molar-refractivity contribution in [2.24, 2.45) is 14.1 Å². The zero-order valence-corrected chi connectivity index (χ0v) is 15.7. The van der Waals surface area contributed by atoms with Crippen molar-refractivity contribution in [3.05, 3.63) is 90.4 Å². The van der Waals surface area contributed by atoms with E-state index in [-0.39, 0.29) is 17.3 Å². The van der Waals surface area contributed by atoms with Gasteiger partial charge in [-0.05, 0) is 29.0 Å². The monoisotopic (exact) mass is 367 g/mol. The molecule has 1 aliphatic rings. The summed E-state index contributed by atoms with van der Waals surface area (Å²) in [6.07, 6.45) is 0.995. The average molecular weight is 367 g/mol. The van der Waals surface area contributed by atoms with Gasteiger partial charge in [0, 0.05) is 43.8 Å². The van der Waals surface area contributed by atoms with Gasteiger partial charge in [0.15, 0.2) is 0 Å².